The van der Waals surface area contributed by atoms with E-state index < -0.39 is 5.79 Å². The van der Waals surface area contributed by atoms with E-state index in [-0.39, 0.29) is 30.8 Å². The maximum absolute atomic E-state index is 12.8. The topological polar surface area (TPSA) is 97.1 Å². The molecule has 1 atom stereocenters. The Balaban J connectivity index is 1.44. The summed E-state index contributed by atoms with van der Waals surface area (Å²) in [4.78, 5) is 32.6. The van der Waals surface area contributed by atoms with E-state index in [0.29, 0.717) is 32.0 Å². The van der Waals surface area contributed by atoms with E-state index in [1.165, 1.54) is 6.39 Å². The largest absolute Gasteiger partial charge is 0.438 e. The second kappa shape index (κ2) is 7.61. The number of rotatable bonds is 2. The number of hydrogen-bond donors (Lipinski definition) is 1. The van der Waals surface area contributed by atoms with Crippen LogP contribution in [0, 0.1) is 6.92 Å². The second-order valence-electron chi connectivity index (χ2n) is 6.82. The highest BCUT2D eigenvalue weighted by molar-refractivity contribution is 5.92. The lowest BCUT2D eigenvalue weighted by Crippen LogP contribution is -2.64. The number of carbonyl (C=O) groups is 2. The molecule has 2 fully saturated rings. The van der Waals surface area contributed by atoms with Gasteiger partial charge in [0.25, 0.3) is 5.91 Å². The number of morpholine rings is 2. The maximum atomic E-state index is 12.8. The molecule has 1 aromatic heterocycles. The molecule has 3 heterocycles. The lowest BCUT2D eigenvalue weighted by molar-refractivity contribution is -0.281. The van der Waals surface area contributed by atoms with E-state index in [1.807, 2.05) is 30.3 Å². The van der Waals surface area contributed by atoms with E-state index in [2.05, 4.69) is 10.3 Å². The van der Waals surface area contributed by atoms with Crippen LogP contribution in [0.3, 0.4) is 0 Å². The number of anilines is 1. The summed E-state index contributed by atoms with van der Waals surface area (Å²) in [5.74, 6) is -1.09. The van der Waals surface area contributed by atoms with E-state index >= 15 is 0 Å². The number of oxazole rings is 1. The fraction of sp³-hybridized carbons (Fsp3) is 0.421. The Bertz CT molecular complexity index is 851. The summed E-state index contributed by atoms with van der Waals surface area (Å²) in [5, 5.41) is 2.87. The number of amides is 3. The van der Waals surface area contributed by atoms with Gasteiger partial charge in [-0.15, -0.1) is 0 Å². The number of hydrogen-bond acceptors (Lipinski definition) is 6. The summed E-state index contributed by atoms with van der Waals surface area (Å²) in [5.41, 5.74) is 1.26. The third-order valence-corrected chi connectivity index (χ3v) is 4.86. The predicted molar refractivity (Wildman–Crippen MR) is 98.8 cm³/mol. The highest BCUT2D eigenvalue weighted by Gasteiger charge is 2.45. The summed E-state index contributed by atoms with van der Waals surface area (Å²) in [6, 6.07) is 9.02. The van der Waals surface area contributed by atoms with Gasteiger partial charge in [-0.3, -0.25) is 4.79 Å². The quantitative estimate of drug-likeness (QED) is 0.844. The lowest BCUT2D eigenvalue weighted by atomic mass is 10.1. The minimum absolute atomic E-state index is 0.209. The van der Waals surface area contributed by atoms with E-state index in [0.717, 1.165) is 5.69 Å². The van der Waals surface area contributed by atoms with Crippen LogP contribution >= 0.6 is 0 Å². The summed E-state index contributed by atoms with van der Waals surface area (Å²) in [6.07, 6.45) is 1.26. The fourth-order valence-electron chi connectivity index (χ4n) is 3.42. The molecule has 9 nitrogen and oxygen atoms in total. The first-order chi connectivity index (χ1) is 13.6. The number of carbonyl (C=O) groups excluding carboxylic acids is 2. The lowest BCUT2D eigenvalue weighted by Gasteiger charge is -2.47. The standard InChI is InChI=1S/C19H22N4O5/c1-14-16(26-13-20-14)17(24)22-7-9-27-19(11-22)12-23(8-10-28-19)18(25)21-15-5-3-2-4-6-15/h2-6,13H,7-12H2,1H3,(H,21,25). The summed E-state index contributed by atoms with van der Waals surface area (Å²) in [7, 11) is 0. The molecule has 0 bridgehead atoms. The molecule has 0 saturated carbocycles. The van der Waals surface area contributed by atoms with Gasteiger partial charge in [0.1, 0.15) is 0 Å². The van der Waals surface area contributed by atoms with Crippen molar-refractivity contribution in [3.05, 3.63) is 48.2 Å². The van der Waals surface area contributed by atoms with Crippen LogP contribution in [0.1, 0.15) is 16.2 Å². The van der Waals surface area contributed by atoms with Crippen molar-refractivity contribution in [1.82, 2.24) is 14.8 Å². The Morgan fingerprint density at radius 2 is 1.75 bits per heavy atom. The van der Waals surface area contributed by atoms with Crippen LogP contribution in [-0.2, 0) is 9.47 Å². The van der Waals surface area contributed by atoms with E-state index in [4.69, 9.17) is 13.9 Å². The average molecular weight is 386 g/mol. The molecule has 2 aliphatic rings. The van der Waals surface area contributed by atoms with Crippen LogP contribution < -0.4 is 5.32 Å². The molecule has 1 N–H and O–H groups in total. The summed E-state index contributed by atoms with van der Waals surface area (Å²) in [6.45, 7) is 3.66. The molecule has 28 heavy (non-hydrogen) atoms. The Morgan fingerprint density at radius 3 is 2.43 bits per heavy atom. The third-order valence-electron chi connectivity index (χ3n) is 4.86. The van der Waals surface area contributed by atoms with Crippen molar-refractivity contribution in [3.8, 4) is 0 Å². The molecule has 1 unspecified atom stereocenters. The van der Waals surface area contributed by atoms with Gasteiger partial charge in [-0.2, -0.15) is 0 Å². The van der Waals surface area contributed by atoms with Crippen molar-refractivity contribution < 1.29 is 23.5 Å². The van der Waals surface area contributed by atoms with Gasteiger partial charge in [0.05, 0.1) is 32.0 Å². The number of urea groups is 1. The van der Waals surface area contributed by atoms with Gasteiger partial charge in [0.2, 0.25) is 11.5 Å². The van der Waals surface area contributed by atoms with Crippen LogP contribution in [0.5, 0.6) is 0 Å². The molecule has 0 radical (unpaired) electrons. The minimum Gasteiger partial charge on any atom is -0.438 e. The van der Waals surface area contributed by atoms with Gasteiger partial charge in [-0.1, -0.05) is 18.2 Å². The van der Waals surface area contributed by atoms with Crippen LogP contribution in [0.2, 0.25) is 0 Å². The van der Waals surface area contributed by atoms with Crippen molar-refractivity contribution in [2.45, 2.75) is 12.7 Å². The molecular weight excluding hydrogens is 364 g/mol. The molecule has 2 aromatic rings. The van der Waals surface area contributed by atoms with Crippen LogP contribution in [0.25, 0.3) is 0 Å². The van der Waals surface area contributed by atoms with Crippen molar-refractivity contribution in [3.63, 3.8) is 0 Å². The normalized spacial score (nSPS) is 22.3. The molecule has 0 aliphatic carbocycles. The zero-order chi connectivity index (χ0) is 19.6. The maximum Gasteiger partial charge on any atom is 0.322 e. The Hall–Kier alpha value is -2.91. The van der Waals surface area contributed by atoms with E-state index in [9.17, 15) is 9.59 Å². The molecule has 148 valence electrons. The molecule has 1 aromatic carbocycles. The molecule has 9 heteroatoms. The summed E-state index contributed by atoms with van der Waals surface area (Å²) >= 11 is 0. The molecule has 4 rings (SSSR count). The van der Waals surface area contributed by atoms with Crippen LogP contribution in [0.15, 0.2) is 41.1 Å². The first-order valence-electron chi connectivity index (χ1n) is 9.15. The second-order valence-corrected chi connectivity index (χ2v) is 6.82. The van der Waals surface area contributed by atoms with E-state index in [1.54, 1.807) is 16.7 Å². The number of nitrogens with one attached hydrogen (secondary N) is 1. The van der Waals surface area contributed by atoms with Crippen molar-refractivity contribution in [2.24, 2.45) is 0 Å². The smallest absolute Gasteiger partial charge is 0.322 e. The van der Waals surface area contributed by atoms with Crippen molar-refractivity contribution in [2.75, 3.05) is 44.7 Å². The van der Waals surface area contributed by atoms with Crippen molar-refractivity contribution in [1.29, 1.82) is 0 Å². The average Bonchev–Trinajstić information content (AvgIpc) is 3.14. The first kappa shape index (κ1) is 18.5. The van der Waals surface area contributed by atoms with Gasteiger partial charge >= 0.3 is 6.03 Å². The number of aromatic nitrogens is 1. The Kier molecular flexibility index (Phi) is 5.01. The van der Waals surface area contributed by atoms with Crippen LogP contribution in [0.4, 0.5) is 10.5 Å². The number of ether oxygens (including phenoxy) is 2. The number of aryl methyl sites for hydroxylation is 1. The molecule has 2 aliphatic heterocycles. The van der Waals surface area contributed by atoms with Gasteiger partial charge in [-0.05, 0) is 19.1 Å². The first-order valence-corrected chi connectivity index (χ1v) is 9.15. The minimum atomic E-state index is -1.05. The highest BCUT2D eigenvalue weighted by atomic mass is 16.7. The van der Waals surface area contributed by atoms with Gasteiger partial charge in [0, 0.05) is 18.8 Å². The van der Waals surface area contributed by atoms with Gasteiger partial charge in [-0.25, -0.2) is 9.78 Å². The monoisotopic (exact) mass is 386 g/mol. The Morgan fingerprint density at radius 1 is 1.07 bits per heavy atom. The molecule has 2 saturated heterocycles. The molecular formula is C19H22N4O5. The number of para-hydroxylation sites is 1. The molecule has 1 spiro atoms. The zero-order valence-corrected chi connectivity index (χ0v) is 15.6. The van der Waals surface area contributed by atoms with Crippen LogP contribution in [-0.4, -0.2) is 71.9 Å². The van der Waals surface area contributed by atoms with Crippen molar-refractivity contribution >= 4 is 17.6 Å². The fourth-order valence-corrected chi connectivity index (χ4v) is 3.42. The number of nitrogens with zero attached hydrogens (tertiary/aromatic N) is 3. The third kappa shape index (κ3) is 3.71. The predicted octanol–water partition coefficient (Wildman–Crippen LogP) is 1.72. The van der Waals surface area contributed by atoms with Gasteiger partial charge < -0.3 is 29.0 Å². The zero-order valence-electron chi connectivity index (χ0n) is 15.6. The highest BCUT2D eigenvalue weighted by Crippen LogP contribution is 2.26. The van der Waals surface area contributed by atoms with Gasteiger partial charge in [0.15, 0.2) is 6.39 Å². The SMILES string of the molecule is Cc1ncoc1C(=O)N1CCOC2(CN(C(=O)Nc3ccccc3)CCO2)C1. The molecule has 3 amide bonds. The Labute approximate surface area is 162 Å². The summed E-state index contributed by atoms with van der Waals surface area (Å²) < 4.78 is 17.0. The number of benzene rings is 1.